The van der Waals surface area contributed by atoms with Crippen molar-refractivity contribution in [2.45, 2.75) is 53.9 Å². The average molecular weight is 1150 g/mol. The molecular formula is C64H69BrN10O6. The van der Waals surface area contributed by atoms with Crippen LogP contribution in [0.1, 0.15) is 55.6 Å². The Kier molecular flexibility index (Phi) is 30.7. The number of ether oxygens (including phenoxy) is 1. The maximum Gasteiger partial charge on any atom is 0.158 e. The molecule has 8 rings (SSSR count). The topological polar surface area (TPSA) is 312 Å². The Morgan fingerprint density at radius 3 is 1.57 bits per heavy atom. The van der Waals surface area contributed by atoms with E-state index in [1.165, 1.54) is 6.07 Å². The summed E-state index contributed by atoms with van der Waals surface area (Å²) in [5, 5.41) is 66.3. The second-order valence-corrected chi connectivity index (χ2v) is 18.3. The van der Waals surface area contributed by atoms with Crippen LogP contribution in [0.15, 0.2) is 178 Å². The molecule has 0 fully saturated rings. The van der Waals surface area contributed by atoms with Crippen molar-refractivity contribution in [2.24, 2.45) is 26.8 Å². The van der Waals surface area contributed by atoms with E-state index in [4.69, 9.17) is 66.6 Å². The number of rotatable bonds is 9. The highest BCUT2D eigenvalue weighted by Crippen LogP contribution is 2.33. The number of azide groups is 1. The SMILES string of the molecule is C#Cc1cc(C)cc(N=Nc2ccccc2C)c1O.C#Cc1cc(C)ccc1O.COc1ccc(CC#N)cc1.Cc1ccc(O)c(Br)c1.Cc1ccccc1N.NCCc1ccc(O)c(N)c1.[N-]=[N+]=Nc1cc(CCN)ccc1O. The van der Waals surface area contributed by atoms with E-state index in [1.54, 1.807) is 61.7 Å². The number of aromatic hydroxyl groups is 5. The lowest BCUT2D eigenvalue weighted by atomic mass is 10.1. The van der Waals surface area contributed by atoms with Crippen molar-refractivity contribution in [3.63, 3.8) is 0 Å². The molecule has 0 aliphatic heterocycles. The summed E-state index contributed by atoms with van der Waals surface area (Å²) in [5.41, 5.74) is 41.9. The fourth-order valence-electron chi connectivity index (χ4n) is 6.47. The molecule has 8 aromatic carbocycles. The molecule has 0 radical (unpaired) electrons. The molecule has 8 aromatic rings. The molecule has 0 aliphatic rings. The fraction of sp³-hybridized carbons (Fsp3) is 0.172. The average Bonchev–Trinajstić information content (AvgIpc) is 3.46. The smallest absolute Gasteiger partial charge is 0.158 e. The summed E-state index contributed by atoms with van der Waals surface area (Å²) in [7, 11) is 1.62. The molecule has 0 spiro atoms. The van der Waals surface area contributed by atoms with Gasteiger partial charge in [-0.15, -0.1) is 18.0 Å². The number of benzene rings is 8. The first kappa shape index (κ1) is 67.2. The van der Waals surface area contributed by atoms with Crippen LogP contribution in [0.5, 0.6) is 34.5 Å². The molecule has 17 heteroatoms. The van der Waals surface area contributed by atoms with Crippen LogP contribution in [-0.4, -0.2) is 45.7 Å². The van der Waals surface area contributed by atoms with Gasteiger partial charge in [0.15, 0.2) is 5.75 Å². The minimum Gasteiger partial charge on any atom is -0.507 e. The molecular weight excluding hydrogens is 1080 g/mol. The lowest BCUT2D eigenvalue weighted by molar-refractivity contribution is 0.414. The van der Waals surface area contributed by atoms with Gasteiger partial charge < -0.3 is 53.2 Å². The Hall–Kier alpha value is -9.92. The predicted molar refractivity (Wildman–Crippen MR) is 330 cm³/mol. The van der Waals surface area contributed by atoms with Gasteiger partial charge in [-0.05, 0) is 211 Å². The highest BCUT2D eigenvalue weighted by molar-refractivity contribution is 9.10. The molecule has 0 aromatic heterocycles. The first-order chi connectivity index (χ1) is 38.7. The van der Waals surface area contributed by atoms with Crippen molar-refractivity contribution in [1.82, 2.24) is 0 Å². The van der Waals surface area contributed by atoms with E-state index in [9.17, 15) is 10.2 Å². The van der Waals surface area contributed by atoms with Crippen LogP contribution in [0.3, 0.4) is 0 Å². The minimum atomic E-state index is -0.0152. The minimum absolute atomic E-state index is 0.00886. The molecule has 81 heavy (non-hydrogen) atoms. The monoisotopic (exact) mass is 1150 g/mol. The van der Waals surface area contributed by atoms with Gasteiger partial charge in [-0.25, -0.2) is 0 Å². The van der Waals surface area contributed by atoms with Crippen LogP contribution in [0, 0.1) is 70.6 Å². The normalized spacial score (nSPS) is 9.56. The molecule has 0 heterocycles. The van der Waals surface area contributed by atoms with E-state index in [0.29, 0.717) is 54.2 Å². The standard InChI is InChI=1S/C16H14N2O.C9H9NO.C9H8O.C8H10N4O.C8H12N2O.C7H7BrO.C7H9N/c1-4-13-9-11(2)10-15(16(13)19)18-17-14-8-6-5-7-12(14)3;1-11-9-4-2-8(3-5-9)6-7-10;1-3-8-6-7(2)4-5-9(8)10;9-4-3-6-1-2-8(13)7(5-6)11-12-10;9-4-3-6-1-2-8(11)7(10)5-6;1-5-2-3-7(9)6(8)4-5;1-6-4-2-3-5-7(6)8/h1,5-10,19H,2-3H3;2-5H,6H2,1H3;1,4-6,10H,2H3;1-2,5,13H,3-4,9H2;1-2,5,11H,3-4,9-10H2;2-4,9H,1H3;2-5H,8H2,1H3. The number of nitrogens with two attached hydrogens (primary N) is 4. The summed E-state index contributed by atoms with van der Waals surface area (Å²) in [6.07, 6.45) is 12.4. The molecule has 0 unspecified atom stereocenters. The number of hydrogen-bond donors (Lipinski definition) is 9. The van der Waals surface area contributed by atoms with Crippen molar-refractivity contribution >= 4 is 44.4 Å². The number of phenolic OH excluding ortho intramolecular Hbond substituents is 5. The Balaban J connectivity index is 0.000000329. The summed E-state index contributed by atoms with van der Waals surface area (Å²) in [6.45, 7) is 10.9. The van der Waals surface area contributed by atoms with Crippen molar-refractivity contribution in [3.05, 3.63) is 228 Å². The molecule has 0 atom stereocenters. The summed E-state index contributed by atoms with van der Waals surface area (Å²) < 4.78 is 5.72. The van der Waals surface area contributed by atoms with Gasteiger partial charge in [-0.1, -0.05) is 89.8 Å². The zero-order chi connectivity index (χ0) is 60.3. The summed E-state index contributed by atoms with van der Waals surface area (Å²) in [5.74, 6) is 6.22. The third-order valence-electron chi connectivity index (χ3n) is 11.0. The second-order valence-electron chi connectivity index (χ2n) is 17.5. The van der Waals surface area contributed by atoms with Crippen LogP contribution < -0.4 is 27.7 Å². The lowest BCUT2D eigenvalue weighted by Gasteiger charge is -2.03. The van der Waals surface area contributed by atoms with Gasteiger partial charge in [0, 0.05) is 10.6 Å². The number of phenols is 5. The number of hydrogen-bond acceptors (Lipinski definition) is 14. The van der Waals surface area contributed by atoms with E-state index < -0.39 is 0 Å². The molecule has 0 saturated heterocycles. The predicted octanol–water partition coefficient (Wildman–Crippen LogP) is 14.2. The maximum absolute atomic E-state index is 9.96. The van der Waals surface area contributed by atoms with Gasteiger partial charge >= 0.3 is 0 Å². The number of nitrogens with zero attached hydrogens (tertiary/aromatic N) is 6. The van der Waals surface area contributed by atoms with Crippen molar-refractivity contribution in [3.8, 4) is 65.3 Å². The zero-order valence-electron chi connectivity index (χ0n) is 46.2. The van der Waals surface area contributed by atoms with E-state index in [-0.39, 0.29) is 28.7 Å². The number of nitriles is 1. The molecule has 418 valence electrons. The van der Waals surface area contributed by atoms with Gasteiger partial charge in [0.1, 0.15) is 34.4 Å². The fourth-order valence-corrected chi connectivity index (χ4v) is 6.97. The summed E-state index contributed by atoms with van der Waals surface area (Å²) in [6, 6.07) is 49.1. The molecule has 0 bridgehead atoms. The molecule has 13 N–H and O–H groups in total. The molecule has 0 amide bonds. The van der Waals surface area contributed by atoms with E-state index in [1.807, 2.05) is 132 Å². The van der Waals surface area contributed by atoms with Crippen LogP contribution in [-0.2, 0) is 19.3 Å². The van der Waals surface area contributed by atoms with Crippen molar-refractivity contribution in [1.29, 1.82) is 5.26 Å². The van der Waals surface area contributed by atoms with E-state index in [2.05, 4.69) is 54.1 Å². The van der Waals surface area contributed by atoms with E-state index >= 15 is 0 Å². The lowest BCUT2D eigenvalue weighted by Crippen LogP contribution is -2.02. The van der Waals surface area contributed by atoms with E-state index in [0.717, 1.165) is 72.5 Å². The maximum atomic E-state index is 9.96. The Morgan fingerprint density at radius 1 is 0.556 bits per heavy atom. The number of methoxy groups -OCH3 is 1. The highest BCUT2D eigenvalue weighted by atomic mass is 79.9. The van der Waals surface area contributed by atoms with Gasteiger partial charge in [0.2, 0.25) is 0 Å². The number of aryl methyl sites for hydroxylation is 5. The number of terminal acetylenes is 2. The Morgan fingerprint density at radius 2 is 1.07 bits per heavy atom. The van der Waals surface area contributed by atoms with Gasteiger partial charge in [0.25, 0.3) is 0 Å². The molecule has 0 saturated carbocycles. The number of azo groups is 1. The van der Waals surface area contributed by atoms with Gasteiger partial charge in [0.05, 0.1) is 52.3 Å². The Bertz CT molecular complexity index is 3450. The van der Waals surface area contributed by atoms with Crippen molar-refractivity contribution in [2.75, 3.05) is 31.7 Å². The van der Waals surface area contributed by atoms with Gasteiger partial charge in [-0.2, -0.15) is 10.4 Å². The Labute approximate surface area is 483 Å². The quantitative estimate of drug-likeness (QED) is 0.0163. The number of para-hydroxylation sites is 1. The number of halogens is 1. The van der Waals surface area contributed by atoms with Gasteiger partial charge in [-0.3, -0.25) is 0 Å². The third-order valence-corrected chi connectivity index (χ3v) is 11.6. The number of anilines is 2. The largest absolute Gasteiger partial charge is 0.507 e. The van der Waals surface area contributed by atoms with Crippen molar-refractivity contribution < 1.29 is 30.3 Å². The highest BCUT2D eigenvalue weighted by Gasteiger charge is 2.07. The second kappa shape index (κ2) is 37.0. The zero-order valence-corrected chi connectivity index (χ0v) is 47.8. The van der Waals surface area contributed by atoms with Crippen LogP contribution in [0.25, 0.3) is 10.4 Å². The number of nitrogen functional groups attached to an aromatic ring is 2. The van der Waals surface area contributed by atoms with Crippen LogP contribution in [0.4, 0.5) is 28.4 Å². The first-order valence-electron chi connectivity index (χ1n) is 24.9. The summed E-state index contributed by atoms with van der Waals surface area (Å²) >= 11 is 3.20. The third kappa shape index (κ3) is 25.4. The molecule has 0 aliphatic carbocycles. The first-order valence-corrected chi connectivity index (χ1v) is 25.7. The summed E-state index contributed by atoms with van der Waals surface area (Å²) in [4.78, 5) is 2.60. The van der Waals surface area contributed by atoms with Crippen LogP contribution in [0.2, 0.25) is 0 Å². The molecule has 16 nitrogen and oxygen atoms in total. The van der Waals surface area contributed by atoms with Crippen LogP contribution >= 0.6 is 15.9 Å².